The fourth-order valence-corrected chi connectivity index (χ4v) is 4.55. The average molecular weight is 339 g/mol. The van der Waals surface area contributed by atoms with Gasteiger partial charge in [0.25, 0.3) is 0 Å². The van der Waals surface area contributed by atoms with Crippen molar-refractivity contribution >= 4 is 0 Å². The first kappa shape index (κ1) is 16.8. The Hall–Kier alpha value is -1.65. The van der Waals surface area contributed by atoms with Crippen molar-refractivity contribution in [3.8, 4) is 0 Å². The zero-order valence-corrected chi connectivity index (χ0v) is 15.4. The van der Waals surface area contributed by atoms with E-state index in [2.05, 4.69) is 60.0 Å². The van der Waals surface area contributed by atoms with Gasteiger partial charge in [0.1, 0.15) is 0 Å². The van der Waals surface area contributed by atoms with Crippen molar-refractivity contribution in [1.82, 2.24) is 14.7 Å². The molecule has 2 saturated heterocycles. The number of hydrogen-bond donors (Lipinski definition) is 0. The molecule has 25 heavy (non-hydrogen) atoms. The van der Waals surface area contributed by atoms with E-state index in [1.807, 2.05) is 0 Å². The number of piperidine rings is 1. The summed E-state index contributed by atoms with van der Waals surface area (Å²) < 4.78 is 7.89. The predicted molar refractivity (Wildman–Crippen MR) is 99.7 cm³/mol. The second kappa shape index (κ2) is 7.30. The van der Waals surface area contributed by atoms with Crippen molar-refractivity contribution in [2.24, 2.45) is 5.92 Å². The molecule has 0 bridgehead atoms. The predicted octanol–water partition coefficient (Wildman–Crippen LogP) is 3.78. The van der Waals surface area contributed by atoms with Crippen molar-refractivity contribution in [3.63, 3.8) is 0 Å². The van der Waals surface area contributed by atoms with Gasteiger partial charge in [0.05, 0.1) is 18.8 Å². The van der Waals surface area contributed by atoms with E-state index in [1.165, 1.54) is 23.2 Å². The van der Waals surface area contributed by atoms with E-state index in [4.69, 9.17) is 9.84 Å². The van der Waals surface area contributed by atoms with Gasteiger partial charge in [0.2, 0.25) is 0 Å². The normalized spacial score (nSPS) is 27.7. The van der Waals surface area contributed by atoms with Crippen LogP contribution in [0.2, 0.25) is 0 Å². The molecule has 2 aliphatic rings. The lowest BCUT2D eigenvalue weighted by atomic mass is 9.82. The van der Waals surface area contributed by atoms with Gasteiger partial charge in [-0.05, 0) is 43.4 Å². The summed E-state index contributed by atoms with van der Waals surface area (Å²) in [6.07, 6.45) is 4.36. The smallest absolute Gasteiger partial charge is 0.0777 e. The lowest BCUT2D eigenvalue weighted by molar-refractivity contribution is 0.148. The summed E-state index contributed by atoms with van der Waals surface area (Å²) in [4.78, 5) is 2.60. The monoisotopic (exact) mass is 339 g/mol. The molecule has 0 aliphatic carbocycles. The summed E-state index contributed by atoms with van der Waals surface area (Å²) in [6.45, 7) is 9.69. The Bertz CT molecular complexity index is 690. The van der Waals surface area contributed by atoms with Gasteiger partial charge in [0.15, 0.2) is 0 Å². The number of rotatable bonds is 4. The number of nitrogens with zero attached hydrogens (tertiary/aromatic N) is 3. The minimum atomic E-state index is 0.429. The van der Waals surface area contributed by atoms with E-state index in [1.54, 1.807) is 0 Å². The highest BCUT2D eigenvalue weighted by atomic mass is 16.5. The standard InChI is InChI=1S/C21H29N3O/c1-16-12-22-24(19-9-11-25-15-19)21(16)20-8-10-23(13-17(20)2)14-18-6-4-3-5-7-18/h3-7,12,17,19-20H,8-11,13-15H2,1-2H3/t17-,19+,20-/m1/s1. The number of likely N-dealkylation sites (tertiary alicyclic amines) is 1. The molecule has 3 atom stereocenters. The van der Waals surface area contributed by atoms with Crippen molar-refractivity contribution in [3.05, 3.63) is 53.3 Å². The van der Waals surface area contributed by atoms with Crippen LogP contribution in [0.5, 0.6) is 0 Å². The molecule has 134 valence electrons. The van der Waals surface area contributed by atoms with Crippen molar-refractivity contribution in [2.45, 2.75) is 45.2 Å². The van der Waals surface area contributed by atoms with E-state index in [0.717, 1.165) is 39.3 Å². The molecule has 4 rings (SSSR count). The van der Waals surface area contributed by atoms with Crippen LogP contribution in [0.3, 0.4) is 0 Å². The molecule has 2 aromatic rings. The number of aromatic nitrogens is 2. The third-order valence-electron chi connectivity index (χ3n) is 5.87. The molecule has 1 aromatic carbocycles. The lowest BCUT2D eigenvalue weighted by Gasteiger charge is -2.38. The van der Waals surface area contributed by atoms with Gasteiger partial charge in [-0.2, -0.15) is 5.10 Å². The van der Waals surface area contributed by atoms with E-state index in [-0.39, 0.29) is 0 Å². The first-order valence-corrected chi connectivity index (χ1v) is 9.60. The number of benzene rings is 1. The summed E-state index contributed by atoms with van der Waals surface area (Å²) in [5.74, 6) is 1.25. The Morgan fingerprint density at radius 2 is 2.04 bits per heavy atom. The maximum Gasteiger partial charge on any atom is 0.0777 e. The highest BCUT2D eigenvalue weighted by Crippen LogP contribution is 2.37. The Morgan fingerprint density at radius 3 is 2.76 bits per heavy atom. The zero-order valence-electron chi connectivity index (χ0n) is 15.4. The maximum absolute atomic E-state index is 5.60. The Balaban J connectivity index is 1.47. The van der Waals surface area contributed by atoms with Crippen LogP contribution in [0.25, 0.3) is 0 Å². The second-order valence-electron chi connectivity index (χ2n) is 7.77. The van der Waals surface area contributed by atoms with Crippen LogP contribution < -0.4 is 0 Å². The maximum atomic E-state index is 5.60. The first-order chi connectivity index (χ1) is 12.2. The summed E-state index contributed by atoms with van der Waals surface area (Å²) >= 11 is 0. The van der Waals surface area contributed by atoms with Crippen molar-refractivity contribution < 1.29 is 4.74 Å². The van der Waals surface area contributed by atoms with Gasteiger partial charge in [0, 0.05) is 31.3 Å². The van der Waals surface area contributed by atoms with Gasteiger partial charge in [-0.15, -0.1) is 0 Å². The van der Waals surface area contributed by atoms with Crippen LogP contribution in [-0.4, -0.2) is 41.0 Å². The molecule has 0 radical (unpaired) electrons. The topological polar surface area (TPSA) is 30.3 Å². The van der Waals surface area contributed by atoms with E-state index < -0.39 is 0 Å². The SMILES string of the molecule is Cc1cnn([C@H]2CCOC2)c1[C@@H]1CCN(Cc2ccccc2)C[C@H]1C. The molecule has 0 unspecified atom stereocenters. The molecular weight excluding hydrogens is 310 g/mol. The van der Waals surface area contributed by atoms with Crippen LogP contribution in [0.1, 0.15) is 48.5 Å². The van der Waals surface area contributed by atoms with Crippen LogP contribution >= 0.6 is 0 Å². The molecule has 0 saturated carbocycles. The Labute approximate surface area is 150 Å². The molecule has 3 heterocycles. The molecule has 1 aromatic heterocycles. The number of hydrogen-bond acceptors (Lipinski definition) is 3. The molecule has 0 N–H and O–H groups in total. The molecule has 4 heteroatoms. The molecular formula is C21H29N3O. The van der Waals surface area contributed by atoms with E-state index in [9.17, 15) is 0 Å². The van der Waals surface area contributed by atoms with Crippen molar-refractivity contribution in [1.29, 1.82) is 0 Å². The summed E-state index contributed by atoms with van der Waals surface area (Å²) in [5.41, 5.74) is 4.22. The van der Waals surface area contributed by atoms with Gasteiger partial charge >= 0.3 is 0 Å². The molecule has 4 nitrogen and oxygen atoms in total. The molecule has 0 amide bonds. The van der Waals surface area contributed by atoms with Gasteiger partial charge in [-0.25, -0.2) is 0 Å². The van der Waals surface area contributed by atoms with Crippen LogP contribution in [-0.2, 0) is 11.3 Å². The van der Waals surface area contributed by atoms with Gasteiger partial charge < -0.3 is 4.74 Å². The average Bonchev–Trinajstić information content (AvgIpc) is 3.26. The first-order valence-electron chi connectivity index (χ1n) is 9.60. The third-order valence-corrected chi connectivity index (χ3v) is 5.87. The highest BCUT2D eigenvalue weighted by molar-refractivity contribution is 5.23. The van der Waals surface area contributed by atoms with E-state index >= 15 is 0 Å². The lowest BCUT2D eigenvalue weighted by Crippen LogP contribution is -2.39. The fraction of sp³-hybridized carbons (Fsp3) is 0.571. The molecule has 0 spiro atoms. The minimum absolute atomic E-state index is 0.429. The largest absolute Gasteiger partial charge is 0.379 e. The van der Waals surface area contributed by atoms with Gasteiger partial charge in [-0.3, -0.25) is 9.58 Å². The number of ether oxygens (including phenoxy) is 1. The van der Waals surface area contributed by atoms with Crippen LogP contribution in [0.4, 0.5) is 0 Å². The third kappa shape index (κ3) is 3.51. The fourth-order valence-electron chi connectivity index (χ4n) is 4.55. The summed E-state index contributed by atoms with van der Waals surface area (Å²) in [6, 6.07) is 11.3. The number of aryl methyl sites for hydroxylation is 1. The van der Waals surface area contributed by atoms with Crippen LogP contribution in [0.15, 0.2) is 36.5 Å². The van der Waals surface area contributed by atoms with E-state index in [0.29, 0.717) is 17.9 Å². The Kier molecular flexibility index (Phi) is 4.91. The quantitative estimate of drug-likeness (QED) is 0.849. The Morgan fingerprint density at radius 1 is 1.20 bits per heavy atom. The molecule has 2 fully saturated rings. The second-order valence-corrected chi connectivity index (χ2v) is 7.77. The zero-order chi connectivity index (χ0) is 17.2. The van der Waals surface area contributed by atoms with Gasteiger partial charge in [-0.1, -0.05) is 37.3 Å². The minimum Gasteiger partial charge on any atom is -0.379 e. The van der Waals surface area contributed by atoms with Crippen LogP contribution in [0, 0.1) is 12.8 Å². The summed E-state index contributed by atoms with van der Waals surface area (Å²) in [5, 5.41) is 4.72. The highest BCUT2D eigenvalue weighted by Gasteiger charge is 2.33. The molecule has 2 aliphatic heterocycles. The summed E-state index contributed by atoms with van der Waals surface area (Å²) in [7, 11) is 0. The van der Waals surface area contributed by atoms with Crippen molar-refractivity contribution in [2.75, 3.05) is 26.3 Å².